The number of ether oxygens (including phenoxy) is 1. The van der Waals surface area contributed by atoms with E-state index in [1.165, 1.54) is 12.1 Å². The Labute approximate surface area is 99.4 Å². The van der Waals surface area contributed by atoms with E-state index in [0.29, 0.717) is 0 Å². The van der Waals surface area contributed by atoms with Crippen molar-refractivity contribution in [2.75, 3.05) is 0 Å². The predicted octanol–water partition coefficient (Wildman–Crippen LogP) is 3.63. The molecular formula is C11H8F5O2. The molecule has 1 aromatic carbocycles. The van der Waals surface area contributed by atoms with Crippen LogP contribution in [0.1, 0.15) is 16.8 Å². The highest BCUT2D eigenvalue weighted by Gasteiger charge is 2.61. The Morgan fingerprint density at radius 2 is 1.72 bits per heavy atom. The molecule has 7 heteroatoms. The molecule has 0 amide bonds. The summed E-state index contributed by atoms with van der Waals surface area (Å²) in [6, 6.07) is 4.46. The van der Waals surface area contributed by atoms with Gasteiger partial charge in [-0.05, 0) is 19.1 Å². The molecule has 1 rings (SSSR count). The van der Waals surface area contributed by atoms with Gasteiger partial charge in [-0.25, -0.2) is 0 Å². The van der Waals surface area contributed by atoms with Crippen molar-refractivity contribution in [2.45, 2.75) is 18.7 Å². The minimum atomic E-state index is -5.85. The molecule has 99 valence electrons. The number of Topliss-reactive ketones (excluding diaryl/α,β-unsaturated/α-hetero) is 1. The van der Waals surface area contributed by atoms with Crippen LogP contribution in [0.15, 0.2) is 24.3 Å². The lowest BCUT2D eigenvalue weighted by Crippen LogP contribution is -2.42. The molecule has 0 heterocycles. The molecule has 0 aliphatic rings. The molecule has 0 fully saturated rings. The number of benzene rings is 1. The average Bonchev–Trinajstić information content (AvgIpc) is 2.26. The molecule has 0 saturated heterocycles. The highest BCUT2D eigenvalue weighted by Crippen LogP contribution is 2.38. The van der Waals surface area contributed by atoms with Gasteiger partial charge in [-0.1, -0.05) is 12.1 Å². The van der Waals surface area contributed by atoms with Crippen molar-refractivity contribution in [1.82, 2.24) is 0 Å². The quantitative estimate of drug-likeness (QED) is 0.615. The fourth-order valence-electron chi connectivity index (χ4n) is 1.12. The van der Waals surface area contributed by atoms with E-state index in [1.807, 2.05) is 0 Å². The van der Waals surface area contributed by atoms with E-state index < -0.39 is 23.8 Å². The standard InChI is InChI=1S/C11H8F5O2/c1-2-8(17)7-5-3-4-6-9(7)18-11(15,16)10(12,13)14/h3-6H,1-2H2. The molecule has 0 aromatic heterocycles. The minimum Gasteiger partial charge on any atom is -0.425 e. The van der Waals surface area contributed by atoms with Crippen LogP contribution in [0.25, 0.3) is 0 Å². The first-order valence-electron chi connectivity index (χ1n) is 4.74. The van der Waals surface area contributed by atoms with Crippen molar-refractivity contribution in [3.05, 3.63) is 36.8 Å². The highest BCUT2D eigenvalue weighted by atomic mass is 19.4. The maximum atomic E-state index is 12.7. The number of para-hydroxylation sites is 1. The van der Waals surface area contributed by atoms with Crippen LogP contribution in [0, 0.1) is 6.92 Å². The zero-order chi connectivity index (χ0) is 14.0. The summed E-state index contributed by atoms with van der Waals surface area (Å²) in [4.78, 5) is 11.3. The number of rotatable bonds is 4. The topological polar surface area (TPSA) is 26.3 Å². The van der Waals surface area contributed by atoms with Crippen molar-refractivity contribution >= 4 is 5.78 Å². The maximum Gasteiger partial charge on any atom is 0.499 e. The Morgan fingerprint density at radius 3 is 2.22 bits per heavy atom. The predicted molar refractivity (Wildman–Crippen MR) is 52.4 cm³/mol. The second kappa shape index (κ2) is 4.91. The Bertz CT molecular complexity index is 439. The van der Waals surface area contributed by atoms with Crippen LogP contribution in [0.2, 0.25) is 0 Å². The fourth-order valence-corrected chi connectivity index (χ4v) is 1.12. The number of hydrogen-bond donors (Lipinski definition) is 0. The van der Waals surface area contributed by atoms with Crippen LogP contribution in [0.5, 0.6) is 5.75 Å². The number of halogens is 5. The van der Waals surface area contributed by atoms with Crippen LogP contribution in [-0.2, 0) is 0 Å². The van der Waals surface area contributed by atoms with Gasteiger partial charge < -0.3 is 4.74 Å². The summed E-state index contributed by atoms with van der Waals surface area (Å²) in [6.07, 6.45) is -11.5. The van der Waals surface area contributed by atoms with E-state index in [9.17, 15) is 26.7 Å². The van der Waals surface area contributed by atoms with Crippen LogP contribution < -0.4 is 4.74 Å². The van der Waals surface area contributed by atoms with Crippen molar-refractivity contribution in [1.29, 1.82) is 0 Å². The van der Waals surface area contributed by atoms with E-state index in [4.69, 9.17) is 0 Å². The highest BCUT2D eigenvalue weighted by molar-refractivity contribution is 5.98. The minimum absolute atomic E-state index is 0.280. The van der Waals surface area contributed by atoms with Gasteiger partial charge in [0.05, 0.1) is 5.56 Å². The first-order valence-corrected chi connectivity index (χ1v) is 4.74. The van der Waals surface area contributed by atoms with E-state index in [-0.39, 0.29) is 12.0 Å². The monoisotopic (exact) mass is 267 g/mol. The number of alkyl halides is 5. The van der Waals surface area contributed by atoms with Gasteiger partial charge >= 0.3 is 12.3 Å². The summed E-state index contributed by atoms with van der Waals surface area (Å²) in [6.45, 7) is 3.23. The normalized spacial score (nSPS) is 12.3. The summed E-state index contributed by atoms with van der Waals surface area (Å²) in [5.41, 5.74) is -0.364. The van der Waals surface area contributed by atoms with E-state index >= 15 is 0 Å². The zero-order valence-corrected chi connectivity index (χ0v) is 8.93. The van der Waals surface area contributed by atoms with Gasteiger partial charge in [-0.15, -0.1) is 0 Å². The zero-order valence-electron chi connectivity index (χ0n) is 8.93. The van der Waals surface area contributed by atoms with E-state index in [1.54, 1.807) is 0 Å². The molecule has 2 nitrogen and oxygen atoms in total. The molecule has 0 N–H and O–H groups in total. The van der Waals surface area contributed by atoms with Crippen molar-refractivity contribution < 1.29 is 31.5 Å². The van der Waals surface area contributed by atoms with Crippen LogP contribution in [-0.4, -0.2) is 18.1 Å². The van der Waals surface area contributed by atoms with Gasteiger partial charge in [-0.2, -0.15) is 22.0 Å². The largest absolute Gasteiger partial charge is 0.499 e. The molecule has 0 saturated carbocycles. The molecular weight excluding hydrogens is 259 g/mol. The van der Waals surface area contributed by atoms with Gasteiger partial charge in [0.2, 0.25) is 0 Å². The van der Waals surface area contributed by atoms with Gasteiger partial charge in [0.15, 0.2) is 5.78 Å². The van der Waals surface area contributed by atoms with E-state index in [2.05, 4.69) is 11.7 Å². The van der Waals surface area contributed by atoms with Crippen LogP contribution in [0.3, 0.4) is 0 Å². The van der Waals surface area contributed by atoms with Gasteiger partial charge in [-0.3, -0.25) is 4.79 Å². The molecule has 0 spiro atoms. The van der Waals surface area contributed by atoms with Crippen LogP contribution in [0.4, 0.5) is 22.0 Å². The first kappa shape index (κ1) is 14.4. The van der Waals surface area contributed by atoms with E-state index in [0.717, 1.165) is 12.1 Å². The lowest BCUT2D eigenvalue weighted by molar-refractivity contribution is -0.360. The fraction of sp³-hybridized carbons (Fsp3) is 0.273. The van der Waals surface area contributed by atoms with Crippen molar-refractivity contribution in [2.24, 2.45) is 0 Å². The first-order chi connectivity index (χ1) is 8.19. The molecule has 18 heavy (non-hydrogen) atoms. The number of carbonyl (C=O) groups is 1. The molecule has 0 bridgehead atoms. The van der Waals surface area contributed by atoms with Gasteiger partial charge in [0.1, 0.15) is 5.75 Å². The van der Waals surface area contributed by atoms with Crippen molar-refractivity contribution in [3.8, 4) is 5.75 Å². The van der Waals surface area contributed by atoms with Crippen LogP contribution >= 0.6 is 0 Å². The lowest BCUT2D eigenvalue weighted by atomic mass is 10.1. The third-order valence-corrected chi connectivity index (χ3v) is 1.98. The smallest absolute Gasteiger partial charge is 0.425 e. The Hall–Kier alpha value is -1.66. The molecule has 1 radical (unpaired) electrons. The Morgan fingerprint density at radius 1 is 1.17 bits per heavy atom. The SMILES string of the molecule is [CH2]CC(=O)c1ccccc1OC(F)(F)C(F)(F)F. The third kappa shape index (κ3) is 2.96. The summed E-state index contributed by atoms with van der Waals surface area (Å²) < 4.78 is 64.9. The second-order valence-corrected chi connectivity index (χ2v) is 3.29. The Balaban J connectivity index is 3.09. The Kier molecular flexibility index (Phi) is 3.93. The maximum absolute atomic E-state index is 12.7. The van der Waals surface area contributed by atoms with Crippen molar-refractivity contribution in [3.63, 3.8) is 0 Å². The molecule has 0 atom stereocenters. The molecule has 1 aromatic rings. The number of carbonyl (C=O) groups excluding carboxylic acids is 1. The third-order valence-electron chi connectivity index (χ3n) is 1.98. The van der Waals surface area contributed by atoms with Gasteiger partial charge in [0, 0.05) is 6.42 Å². The second-order valence-electron chi connectivity index (χ2n) is 3.29. The summed E-state index contributed by atoms with van der Waals surface area (Å²) >= 11 is 0. The number of ketones is 1. The molecule has 0 aliphatic carbocycles. The van der Waals surface area contributed by atoms with Gasteiger partial charge in [0.25, 0.3) is 0 Å². The summed E-state index contributed by atoms with van der Waals surface area (Å²) in [5.74, 6) is -1.52. The summed E-state index contributed by atoms with van der Waals surface area (Å²) in [5, 5.41) is 0. The molecule has 0 unspecified atom stereocenters. The molecule has 0 aliphatic heterocycles. The number of hydrogen-bond acceptors (Lipinski definition) is 2. The lowest BCUT2D eigenvalue weighted by Gasteiger charge is -2.21. The average molecular weight is 267 g/mol. The summed E-state index contributed by atoms with van der Waals surface area (Å²) in [7, 11) is 0.